The minimum absolute atomic E-state index is 0.0864. The van der Waals surface area contributed by atoms with E-state index in [1.807, 2.05) is 0 Å². The predicted molar refractivity (Wildman–Crippen MR) is 108 cm³/mol. The molecule has 5 atom stereocenters. The van der Waals surface area contributed by atoms with Crippen molar-refractivity contribution in [2.75, 3.05) is 13.1 Å². The van der Waals surface area contributed by atoms with Crippen LogP contribution in [0, 0.1) is 11.8 Å². The van der Waals surface area contributed by atoms with Crippen molar-refractivity contribution in [3.05, 3.63) is 31.4 Å². The normalized spacial score (nSPS) is 35.6. The van der Waals surface area contributed by atoms with Crippen LogP contribution in [-0.4, -0.2) is 56.8 Å². The number of halogens is 3. The van der Waals surface area contributed by atoms with Crippen LogP contribution in [-0.2, 0) is 0 Å². The molecule has 5 rings (SSSR count). The maximum absolute atomic E-state index is 15.5. The number of aliphatic hydroxyl groups excluding tert-OH is 1. The molecular formula is C21H27F3N4O3. The first-order chi connectivity index (χ1) is 14.6. The van der Waals surface area contributed by atoms with Gasteiger partial charge in [-0.05, 0) is 50.0 Å². The van der Waals surface area contributed by atoms with E-state index >= 15 is 4.39 Å². The molecule has 1 aromatic heterocycles. The highest BCUT2D eigenvalue weighted by Gasteiger charge is 2.52. The number of H-pyrrole nitrogens is 1. The summed E-state index contributed by atoms with van der Waals surface area (Å²) in [6.07, 6.45) is 0.338. The fraction of sp³-hybridized carbons (Fsp3) is 0.714. The molecule has 0 bridgehead atoms. The summed E-state index contributed by atoms with van der Waals surface area (Å²) in [5, 5.41) is 10.7. The van der Waals surface area contributed by atoms with E-state index in [0.29, 0.717) is 25.0 Å². The van der Waals surface area contributed by atoms with Crippen LogP contribution in [0.5, 0.6) is 0 Å². The van der Waals surface area contributed by atoms with Crippen molar-refractivity contribution < 1.29 is 18.3 Å². The number of hydrogen-bond donors (Lipinski definition) is 3. The maximum Gasteiger partial charge on any atom is 0.329 e. The van der Waals surface area contributed by atoms with Crippen molar-refractivity contribution >= 4 is 11.3 Å². The number of likely N-dealkylation sites (tertiary alicyclic amines) is 1. The first-order valence-corrected chi connectivity index (χ1v) is 10.9. The molecule has 0 spiro atoms. The van der Waals surface area contributed by atoms with Gasteiger partial charge in [-0.3, -0.25) is 19.2 Å². The van der Waals surface area contributed by atoms with Gasteiger partial charge in [-0.15, -0.1) is 0 Å². The van der Waals surface area contributed by atoms with Crippen molar-refractivity contribution in [3.63, 3.8) is 0 Å². The molecule has 2 saturated carbocycles. The lowest BCUT2D eigenvalue weighted by molar-refractivity contribution is -0.0457. The molecule has 1 aromatic rings. The summed E-state index contributed by atoms with van der Waals surface area (Å²) in [5.74, 6) is -4.23. The van der Waals surface area contributed by atoms with Gasteiger partial charge in [-0.1, -0.05) is 0 Å². The van der Waals surface area contributed by atoms with Crippen LogP contribution >= 0.6 is 0 Å². The Kier molecular flexibility index (Phi) is 4.68. The average Bonchev–Trinajstić information content (AvgIpc) is 3.46. The average molecular weight is 440 g/mol. The topological polar surface area (TPSA) is 104 Å². The Labute approximate surface area is 176 Å². The molecule has 3 fully saturated rings. The third kappa shape index (κ3) is 3.09. The van der Waals surface area contributed by atoms with Gasteiger partial charge in [0.15, 0.2) is 6.17 Å². The number of aliphatic hydroxyl groups is 1. The molecule has 31 heavy (non-hydrogen) atoms. The number of nitrogens with two attached hydrogens (primary N) is 1. The Hall–Kier alpha value is -2.07. The van der Waals surface area contributed by atoms with Crippen molar-refractivity contribution in [3.8, 4) is 0 Å². The highest BCUT2D eigenvalue weighted by molar-refractivity contribution is 5.60. The standard InChI is InChI=1S/C21H27F3N4O3/c1-9-15-13(19(30)26-20(31)28(15)11-4-5-11)17(29)14(22)16(9)27-7-10-3-2-6-21(23,24)18(25)12(10)8-27/h10-12,14,16,18,29H,2-8,25H2,1H3,(H,26,30,31). The lowest BCUT2D eigenvalue weighted by atomic mass is 9.87. The second-order valence-electron chi connectivity index (χ2n) is 9.56. The fourth-order valence-electron chi connectivity index (χ4n) is 5.91. The number of nitrogens with zero attached hydrogens (tertiary/aromatic N) is 2. The molecule has 5 unspecified atom stereocenters. The van der Waals surface area contributed by atoms with Crippen molar-refractivity contribution in [2.24, 2.45) is 17.6 Å². The van der Waals surface area contributed by atoms with Gasteiger partial charge < -0.3 is 10.8 Å². The highest BCUT2D eigenvalue weighted by atomic mass is 19.3. The zero-order valence-corrected chi connectivity index (χ0v) is 17.3. The third-order valence-corrected chi connectivity index (χ3v) is 7.61. The van der Waals surface area contributed by atoms with E-state index in [0.717, 1.165) is 12.8 Å². The van der Waals surface area contributed by atoms with Gasteiger partial charge in [0.05, 0.1) is 17.4 Å². The zero-order chi connectivity index (χ0) is 22.2. The lowest BCUT2D eigenvalue weighted by Crippen LogP contribution is -2.61. The van der Waals surface area contributed by atoms with Crippen LogP contribution in [0.15, 0.2) is 9.59 Å². The molecule has 170 valence electrons. The highest BCUT2D eigenvalue weighted by Crippen LogP contribution is 2.43. The van der Waals surface area contributed by atoms with Gasteiger partial charge >= 0.3 is 5.69 Å². The quantitative estimate of drug-likeness (QED) is 0.606. The molecule has 0 radical (unpaired) electrons. The number of aromatic nitrogens is 2. The van der Waals surface area contributed by atoms with E-state index in [2.05, 4.69) is 4.98 Å². The summed E-state index contributed by atoms with van der Waals surface area (Å²) in [6.45, 7) is 2.22. The smallest absolute Gasteiger partial charge is 0.329 e. The van der Waals surface area contributed by atoms with Crippen molar-refractivity contribution in [1.29, 1.82) is 0 Å². The second-order valence-corrected chi connectivity index (χ2v) is 9.56. The van der Waals surface area contributed by atoms with Gasteiger partial charge in [-0.2, -0.15) is 0 Å². The van der Waals surface area contributed by atoms with Gasteiger partial charge in [0.1, 0.15) is 11.0 Å². The minimum Gasteiger partial charge on any atom is -0.508 e. The molecule has 4 aliphatic rings. The summed E-state index contributed by atoms with van der Waals surface area (Å²) in [5.41, 5.74) is 5.02. The van der Waals surface area contributed by atoms with Gasteiger partial charge in [-0.25, -0.2) is 18.0 Å². The van der Waals surface area contributed by atoms with Crippen LogP contribution in [0.4, 0.5) is 13.2 Å². The van der Waals surface area contributed by atoms with Gasteiger partial charge in [0.2, 0.25) is 0 Å². The van der Waals surface area contributed by atoms with Gasteiger partial charge in [0.25, 0.3) is 11.5 Å². The number of alkyl halides is 3. The first-order valence-electron chi connectivity index (χ1n) is 10.9. The number of aromatic amines is 1. The maximum atomic E-state index is 15.5. The molecule has 0 amide bonds. The van der Waals surface area contributed by atoms with Gasteiger partial charge in [0, 0.05) is 25.6 Å². The summed E-state index contributed by atoms with van der Waals surface area (Å²) in [4.78, 5) is 28.9. The second kappa shape index (κ2) is 6.96. The Morgan fingerprint density at radius 1 is 1.19 bits per heavy atom. The number of fused-ring (bicyclic) bond motifs is 2. The number of rotatable bonds is 2. The first kappa shape index (κ1) is 20.8. The third-order valence-electron chi connectivity index (χ3n) is 7.61. The Morgan fingerprint density at radius 3 is 2.58 bits per heavy atom. The molecule has 7 nitrogen and oxygen atoms in total. The van der Waals surface area contributed by atoms with Crippen LogP contribution in [0.25, 0.3) is 11.3 Å². The van der Waals surface area contributed by atoms with Crippen molar-refractivity contribution in [2.45, 2.75) is 69.2 Å². The largest absolute Gasteiger partial charge is 0.508 e. The molecular weight excluding hydrogens is 413 g/mol. The predicted octanol–water partition coefficient (Wildman–Crippen LogP) is 0.123. The van der Waals surface area contributed by atoms with Crippen LogP contribution in [0.1, 0.15) is 45.1 Å². The minimum atomic E-state index is -2.96. The van der Waals surface area contributed by atoms with E-state index in [1.54, 1.807) is 11.8 Å². The van der Waals surface area contributed by atoms with E-state index in [4.69, 9.17) is 5.73 Å². The molecule has 4 N–H and O–H groups in total. The zero-order valence-electron chi connectivity index (χ0n) is 17.3. The number of nitrogens with one attached hydrogen (secondary N) is 1. The van der Waals surface area contributed by atoms with E-state index in [-0.39, 0.29) is 35.5 Å². The molecule has 0 aromatic carbocycles. The SMILES string of the molecule is CC1=c2c(c(=O)[nH]c(=O)n2C2CC2)=C(O)C(F)C1N1CC2CCCC(F)(F)C(N)C2C1. The van der Waals surface area contributed by atoms with E-state index < -0.39 is 47.1 Å². The molecule has 10 heteroatoms. The Morgan fingerprint density at radius 2 is 1.90 bits per heavy atom. The molecule has 2 heterocycles. The Balaban J connectivity index is 1.62. The van der Waals surface area contributed by atoms with E-state index in [9.17, 15) is 23.5 Å². The summed E-state index contributed by atoms with van der Waals surface area (Å²) in [6, 6.07) is -2.34. The van der Waals surface area contributed by atoms with Crippen LogP contribution in [0.2, 0.25) is 0 Å². The van der Waals surface area contributed by atoms with Crippen molar-refractivity contribution in [1.82, 2.24) is 14.5 Å². The van der Waals surface area contributed by atoms with Crippen LogP contribution < -0.4 is 27.6 Å². The number of hydrogen-bond acceptors (Lipinski definition) is 5. The summed E-state index contributed by atoms with van der Waals surface area (Å²) >= 11 is 0. The summed E-state index contributed by atoms with van der Waals surface area (Å²) < 4.78 is 45.7. The fourth-order valence-corrected chi connectivity index (χ4v) is 5.91. The monoisotopic (exact) mass is 440 g/mol. The van der Waals surface area contributed by atoms with E-state index in [1.165, 1.54) is 4.57 Å². The lowest BCUT2D eigenvalue weighted by Gasteiger charge is -2.34. The molecule has 1 saturated heterocycles. The molecule has 3 aliphatic carbocycles. The summed E-state index contributed by atoms with van der Waals surface area (Å²) in [7, 11) is 0. The van der Waals surface area contributed by atoms with Crippen LogP contribution in [0.3, 0.4) is 0 Å². The molecule has 1 aliphatic heterocycles. The Bertz CT molecular complexity index is 1160.